The molecule has 156 valence electrons. The van der Waals surface area contributed by atoms with Crippen molar-refractivity contribution in [2.75, 3.05) is 13.7 Å². The van der Waals surface area contributed by atoms with E-state index >= 15 is 0 Å². The summed E-state index contributed by atoms with van der Waals surface area (Å²) in [5.41, 5.74) is -0.488. The summed E-state index contributed by atoms with van der Waals surface area (Å²) in [6, 6.07) is 7.27. The molecule has 4 atom stereocenters. The second-order valence-electron chi connectivity index (χ2n) is 7.39. The Labute approximate surface area is 166 Å². The first-order valence-corrected chi connectivity index (χ1v) is 9.48. The van der Waals surface area contributed by atoms with Gasteiger partial charge in [0, 0.05) is 18.9 Å². The molecular formula is C21H31NO6. The van der Waals surface area contributed by atoms with E-state index in [4.69, 9.17) is 14.2 Å². The molecule has 1 aliphatic rings. The summed E-state index contributed by atoms with van der Waals surface area (Å²) in [7, 11) is 1.58. The van der Waals surface area contributed by atoms with E-state index in [-0.39, 0.29) is 38.0 Å². The van der Waals surface area contributed by atoms with Crippen LogP contribution in [0.4, 0.5) is 0 Å². The van der Waals surface area contributed by atoms with Crippen molar-refractivity contribution in [3.05, 3.63) is 42.5 Å². The molecular weight excluding hydrogens is 362 g/mol. The number of rotatable bonds is 9. The van der Waals surface area contributed by atoms with Crippen LogP contribution < -0.4 is 10.1 Å². The van der Waals surface area contributed by atoms with Gasteiger partial charge in [-0.25, -0.2) is 0 Å². The van der Waals surface area contributed by atoms with E-state index in [9.17, 15) is 15.0 Å². The fourth-order valence-electron chi connectivity index (χ4n) is 3.33. The molecule has 0 saturated heterocycles. The lowest BCUT2D eigenvalue weighted by molar-refractivity contribution is -0.196. The second kappa shape index (κ2) is 10.0. The highest BCUT2D eigenvalue weighted by atomic mass is 16.5. The molecule has 0 bridgehead atoms. The molecule has 0 aromatic heterocycles. The molecule has 7 heteroatoms. The Bertz CT molecular complexity index is 664. The molecule has 0 heterocycles. The molecule has 1 aromatic rings. The molecule has 1 amide bonds. The van der Waals surface area contributed by atoms with Crippen molar-refractivity contribution in [3.8, 4) is 5.75 Å². The first-order chi connectivity index (χ1) is 13.3. The van der Waals surface area contributed by atoms with Gasteiger partial charge in [0.2, 0.25) is 0 Å². The minimum Gasteiger partial charge on any atom is -0.497 e. The van der Waals surface area contributed by atoms with Crippen molar-refractivity contribution in [3.63, 3.8) is 0 Å². The molecule has 1 unspecified atom stereocenters. The third-order valence-electron chi connectivity index (χ3n) is 4.76. The minimum atomic E-state index is -1.32. The number of nitrogens with one attached hydrogen (secondary N) is 1. The molecule has 28 heavy (non-hydrogen) atoms. The van der Waals surface area contributed by atoms with Gasteiger partial charge in [-0.2, -0.15) is 0 Å². The van der Waals surface area contributed by atoms with Crippen LogP contribution in [-0.2, 0) is 20.9 Å². The highest BCUT2D eigenvalue weighted by Crippen LogP contribution is 2.35. The minimum absolute atomic E-state index is 0.0232. The molecule has 3 N–H and O–H groups in total. The number of carbonyl (C=O) groups excluding carboxylic acids is 1. The zero-order valence-electron chi connectivity index (χ0n) is 16.8. The van der Waals surface area contributed by atoms with Crippen molar-refractivity contribution < 1.29 is 29.2 Å². The summed E-state index contributed by atoms with van der Waals surface area (Å²) in [6.45, 7) is 7.66. The average molecular weight is 393 g/mol. The van der Waals surface area contributed by atoms with Gasteiger partial charge < -0.3 is 29.7 Å². The highest BCUT2D eigenvalue weighted by Gasteiger charge is 2.51. The fourth-order valence-corrected chi connectivity index (χ4v) is 3.33. The van der Waals surface area contributed by atoms with Crippen LogP contribution in [0.2, 0.25) is 0 Å². The van der Waals surface area contributed by atoms with Gasteiger partial charge in [0.25, 0.3) is 5.91 Å². The van der Waals surface area contributed by atoms with Crippen LogP contribution in [0.5, 0.6) is 5.75 Å². The van der Waals surface area contributed by atoms with E-state index < -0.39 is 23.9 Å². The quantitative estimate of drug-likeness (QED) is 0.551. The molecule has 0 radical (unpaired) electrons. The second-order valence-corrected chi connectivity index (χ2v) is 7.39. The maximum absolute atomic E-state index is 13.0. The number of ether oxygens (including phenoxy) is 3. The lowest BCUT2D eigenvalue weighted by Gasteiger charge is -2.44. The Morgan fingerprint density at radius 3 is 2.79 bits per heavy atom. The van der Waals surface area contributed by atoms with E-state index in [2.05, 4.69) is 11.9 Å². The third kappa shape index (κ3) is 5.54. The van der Waals surface area contributed by atoms with Gasteiger partial charge >= 0.3 is 0 Å². The van der Waals surface area contributed by atoms with Crippen molar-refractivity contribution >= 4 is 5.91 Å². The van der Waals surface area contributed by atoms with Crippen LogP contribution in [0.15, 0.2) is 36.9 Å². The lowest BCUT2D eigenvalue weighted by atomic mass is 9.78. The van der Waals surface area contributed by atoms with E-state index in [0.29, 0.717) is 5.75 Å². The van der Waals surface area contributed by atoms with E-state index in [0.717, 1.165) is 5.56 Å². The summed E-state index contributed by atoms with van der Waals surface area (Å²) in [5.74, 6) is 0.358. The number of aliphatic hydroxyl groups is 2. The van der Waals surface area contributed by atoms with Crippen LogP contribution >= 0.6 is 0 Å². The zero-order chi connectivity index (χ0) is 20.7. The predicted octanol–water partition coefficient (Wildman–Crippen LogP) is 1.56. The Hall–Kier alpha value is -1.93. The largest absolute Gasteiger partial charge is 0.497 e. The van der Waals surface area contributed by atoms with Gasteiger partial charge in [0.15, 0.2) is 5.60 Å². The van der Waals surface area contributed by atoms with Crippen LogP contribution in [0.25, 0.3) is 0 Å². The summed E-state index contributed by atoms with van der Waals surface area (Å²) < 4.78 is 16.9. The van der Waals surface area contributed by atoms with Gasteiger partial charge in [-0.1, -0.05) is 18.2 Å². The first kappa shape index (κ1) is 22.4. The van der Waals surface area contributed by atoms with Crippen molar-refractivity contribution in [2.24, 2.45) is 0 Å². The smallest absolute Gasteiger partial charge is 0.252 e. The molecule has 7 nitrogen and oxygen atoms in total. The number of hydrogen-bond donors (Lipinski definition) is 3. The molecule has 1 saturated carbocycles. The van der Waals surface area contributed by atoms with Crippen molar-refractivity contribution in [1.29, 1.82) is 0 Å². The zero-order valence-corrected chi connectivity index (χ0v) is 16.8. The number of carbonyl (C=O) groups is 1. The van der Waals surface area contributed by atoms with Gasteiger partial charge in [-0.15, -0.1) is 6.58 Å². The Balaban J connectivity index is 2.25. The van der Waals surface area contributed by atoms with Gasteiger partial charge in [-0.3, -0.25) is 4.79 Å². The monoisotopic (exact) mass is 393 g/mol. The van der Waals surface area contributed by atoms with Crippen LogP contribution in [0.1, 0.15) is 32.3 Å². The van der Waals surface area contributed by atoms with E-state index in [1.165, 1.54) is 0 Å². The first-order valence-electron chi connectivity index (χ1n) is 9.48. The van der Waals surface area contributed by atoms with Crippen LogP contribution in [0.3, 0.4) is 0 Å². The predicted molar refractivity (Wildman–Crippen MR) is 105 cm³/mol. The average Bonchev–Trinajstić information content (AvgIpc) is 2.67. The number of benzene rings is 1. The number of hydrogen-bond acceptors (Lipinski definition) is 6. The summed E-state index contributed by atoms with van der Waals surface area (Å²) >= 11 is 0. The van der Waals surface area contributed by atoms with Crippen molar-refractivity contribution in [1.82, 2.24) is 5.32 Å². The topological polar surface area (TPSA) is 97.3 Å². The fraction of sp³-hybridized carbons (Fsp3) is 0.571. The number of methoxy groups -OCH3 is 1. The molecule has 1 fully saturated rings. The van der Waals surface area contributed by atoms with Crippen LogP contribution in [-0.4, -0.2) is 59.8 Å². The van der Waals surface area contributed by atoms with Gasteiger partial charge in [-0.05, 0) is 31.5 Å². The lowest BCUT2D eigenvalue weighted by Crippen LogP contribution is -2.61. The normalized spacial score (nSPS) is 27.4. The highest BCUT2D eigenvalue weighted by molar-refractivity contribution is 5.85. The summed E-state index contributed by atoms with van der Waals surface area (Å²) in [5, 5.41) is 23.6. The van der Waals surface area contributed by atoms with Gasteiger partial charge in [0.1, 0.15) is 11.9 Å². The Morgan fingerprint density at radius 1 is 1.39 bits per heavy atom. The summed E-state index contributed by atoms with van der Waals surface area (Å²) in [4.78, 5) is 13.0. The van der Waals surface area contributed by atoms with E-state index in [1.54, 1.807) is 13.2 Å². The number of aliphatic hydroxyl groups excluding tert-OH is 2. The van der Waals surface area contributed by atoms with Gasteiger partial charge in [0.05, 0.1) is 32.5 Å². The molecule has 1 aromatic carbocycles. The SMILES string of the molecule is C=CCOC1C[C@](OCc2cccc(OC)c2)(C(=O)NC(C)C)C[C@@H](O)[C@H]1O. The standard InChI is InChI=1S/C21H31NO6/c1-5-9-27-18-12-21(11-17(23)19(18)24,20(25)22-14(2)3)28-13-15-7-6-8-16(10-15)26-4/h5-8,10,14,17-19,23-24H,1,9,11-13H2,2-4H3,(H,22,25)/t17-,18?,19-,21+/m1/s1. The van der Waals surface area contributed by atoms with Crippen LogP contribution in [0, 0.1) is 0 Å². The Morgan fingerprint density at radius 2 is 2.14 bits per heavy atom. The maximum atomic E-state index is 13.0. The van der Waals surface area contributed by atoms with E-state index in [1.807, 2.05) is 38.1 Å². The third-order valence-corrected chi connectivity index (χ3v) is 4.76. The molecule has 0 aliphatic heterocycles. The molecule has 1 aliphatic carbocycles. The molecule has 0 spiro atoms. The Kier molecular flexibility index (Phi) is 8.00. The molecule has 2 rings (SSSR count). The van der Waals surface area contributed by atoms with Crippen molar-refractivity contribution in [2.45, 2.75) is 63.3 Å². The number of amides is 1. The maximum Gasteiger partial charge on any atom is 0.252 e. The summed E-state index contributed by atoms with van der Waals surface area (Å²) in [6.07, 6.45) is -1.33.